The summed E-state index contributed by atoms with van der Waals surface area (Å²) in [5.74, 6) is -1.76. The maximum Gasteiger partial charge on any atom is 0.337 e. The van der Waals surface area contributed by atoms with Crippen molar-refractivity contribution in [2.24, 2.45) is 0 Å². The second-order valence-electron chi connectivity index (χ2n) is 4.06. The van der Waals surface area contributed by atoms with Crippen LogP contribution in [0.2, 0.25) is 0 Å². The van der Waals surface area contributed by atoms with Crippen molar-refractivity contribution in [2.45, 2.75) is 32.2 Å². The molecule has 0 bridgehead atoms. The maximum atomic E-state index is 11.8. The van der Waals surface area contributed by atoms with Gasteiger partial charge in [0.1, 0.15) is 0 Å². The Hall–Kier alpha value is -1.78. The van der Waals surface area contributed by atoms with E-state index in [1.807, 2.05) is 4.57 Å². The van der Waals surface area contributed by atoms with Crippen LogP contribution < -0.4 is 0 Å². The van der Waals surface area contributed by atoms with Crippen molar-refractivity contribution in [1.82, 2.24) is 4.57 Å². The van der Waals surface area contributed by atoms with Crippen LogP contribution in [0.4, 0.5) is 0 Å². The summed E-state index contributed by atoms with van der Waals surface area (Å²) in [5.41, 5.74) is 0.796. The molecule has 2 heterocycles. The van der Waals surface area contributed by atoms with Gasteiger partial charge >= 0.3 is 11.9 Å². The minimum Gasteiger partial charge on any atom is -0.478 e. The van der Waals surface area contributed by atoms with E-state index in [0.29, 0.717) is 18.7 Å². The molecule has 0 fully saturated rings. The van der Waals surface area contributed by atoms with E-state index < -0.39 is 11.9 Å². The van der Waals surface area contributed by atoms with Crippen molar-refractivity contribution in [3.8, 4) is 0 Å². The Balaban J connectivity index is 2.38. The maximum absolute atomic E-state index is 11.8. The lowest BCUT2D eigenvalue weighted by Crippen LogP contribution is -2.25. The van der Waals surface area contributed by atoms with Crippen LogP contribution >= 0.6 is 0 Å². The fraction of sp³-hybridized carbons (Fsp3) is 0.500. The standard InChI is InChI=1S/C12H15NO4/c1-2-17-12(16)9-4-3-6-13-7-5-8(10(9)13)11(14)15/h5,7,9H,2-4,6H2,1H3,(H,14,15). The zero-order valence-corrected chi connectivity index (χ0v) is 9.68. The van der Waals surface area contributed by atoms with Gasteiger partial charge in [0, 0.05) is 18.4 Å². The molecule has 0 radical (unpaired) electrons. The average Bonchev–Trinajstić information content (AvgIpc) is 2.72. The minimum atomic E-state index is -0.991. The number of carboxylic acids is 1. The van der Waals surface area contributed by atoms with E-state index in [9.17, 15) is 9.59 Å². The van der Waals surface area contributed by atoms with Gasteiger partial charge in [0.15, 0.2) is 0 Å². The van der Waals surface area contributed by atoms with E-state index in [2.05, 4.69) is 0 Å². The van der Waals surface area contributed by atoms with Crippen LogP contribution in [-0.2, 0) is 16.1 Å². The minimum absolute atomic E-state index is 0.211. The summed E-state index contributed by atoms with van der Waals surface area (Å²) in [7, 11) is 0. The first-order chi connectivity index (χ1) is 8.15. The highest BCUT2D eigenvalue weighted by Gasteiger charge is 2.32. The topological polar surface area (TPSA) is 68.5 Å². The van der Waals surface area contributed by atoms with Crippen LogP contribution in [0.25, 0.3) is 0 Å². The SMILES string of the molecule is CCOC(=O)C1CCCn2ccc(C(=O)O)c21. The third kappa shape index (κ3) is 2.05. The fourth-order valence-electron chi connectivity index (χ4n) is 2.32. The number of aryl methyl sites for hydroxylation is 1. The number of carbonyl (C=O) groups excluding carboxylic acids is 1. The lowest BCUT2D eigenvalue weighted by atomic mass is 9.93. The molecule has 2 rings (SSSR count). The molecule has 1 aromatic heterocycles. The molecule has 1 aliphatic rings. The summed E-state index contributed by atoms with van der Waals surface area (Å²) in [5, 5.41) is 9.09. The van der Waals surface area contributed by atoms with Gasteiger partial charge in [-0.1, -0.05) is 0 Å². The Bertz CT molecular complexity index is 449. The number of hydrogen-bond donors (Lipinski definition) is 1. The van der Waals surface area contributed by atoms with Crippen molar-refractivity contribution >= 4 is 11.9 Å². The summed E-state index contributed by atoms with van der Waals surface area (Å²) < 4.78 is 6.84. The number of rotatable bonds is 3. The predicted molar refractivity (Wildman–Crippen MR) is 60.0 cm³/mol. The summed E-state index contributed by atoms with van der Waals surface area (Å²) >= 11 is 0. The molecule has 0 spiro atoms. The fourth-order valence-corrected chi connectivity index (χ4v) is 2.32. The summed E-state index contributed by atoms with van der Waals surface area (Å²) in [4.78, 5) is 22.9. The highest BCUT2D eigenvalue weighted by Crippen LogP contribution is 2.31. The first kappa shape index (κ1) is 11.7. The molecule has 1 aliphatic heterocycles. The summed E-state index contributed by atoms with van der Waals surface area (Å²) in [6.07, 6.45) is 3.25. The van der Waals surface area contributed by atoms with E-state index >= 15 is 0 Å². The van der Waals surface area contributed by atoms with Crippen LogP contribution in [0.3, 0.4) is 0 Å². The van der Waals surface area contributed by atoms with Gasteiger partial charge in [0.25, 0.3) is 0 Å². The normalized spacial score (nSPS) is 18.5. The molecule has 1 unspecified atom stereocenters. The van der Waals surface area contributed by atoms with E-state index in [0.717, 1.165) is 13.0 Å². The van der Waals surface area contributed by atoms with Crippen LogP contribution in [0.15, 0.2) is 12.3 Å². The van der Waals surface area contributed by atoms with Crippen LogP contribution in [0.5, 0.6) is 0 Å². The Kier molecular flexibility index (Phi) is 3.17. The zero-order valence-electron chi connectivity index (χ0n) is 9.68. The molecule has 1 N–H and O–H groups in total. The van der Waals surface area contributed by atoms with Gasteiger partial charge in [0.05, 0.1) is 18.1 Å². The molecular formula is C12H15NO4. The predicted octanol–water partition coefficient (Wildman–Crippen LogP) is 1.63. The molecule has 92 valence electrons. The number of aromatic nitrogens is 1. The van der Waals surface area contributed by atoms with Crippen molar-refractivity contribution in [2.75, 3.05) is 6.61 Å². The van der Waals surface area contributed by atoms with Gasteiger partial charge in [-0.25, -0.2) is 4.79 Å². The van der Waals surface area contributed by atoms with Gasteiger partial charge in [-0.15, -0.1) is 0 Å². The largest absolute Gasteiger partial charge is 0.478 e. The second kappa shape index (κ2) is 4.61. The average molecular weight is 237 g/mol. The van der Waals surface area contributed by atoms with E-state index in [1.165, 1.54) is 0 Å². The number of ether oxygens (including phenoxy) is 1. The quantitative estimate of drug-likeness (QED) is 0.811. The highest BCUT2D eigenvalue weighted by molar-refractivity contribution is 5.92. The third-order valence-electron chi connectivity index (χ3n) is 3.03. The number of fused-ring (bicyclic) bond motifs is 1. The number of esters is 1. The second-order valence-corrected chi connectivity index (χ2v) is 4.06. The lowest BCUT2D eigenvalue weighted by molar-refractivity contribution is -0.145. The third-order valence-corrected chi connectivity index (χ3v) is 3.03. The Morgan fingerprint density at radius 3 is 3.00 bits per heavy atom. The van der Waals surface area contributed by atoms with E-state index in [1.54, 1.807) is 19.2 Å². The first-order valence-corrected chi connectivity index (χ1v) is 5.74. The van der Waals surface area contributed by atoms with Crippen molar-refractivity contribution in [3.05, 3.63) is 23.5 Å². The number of carbonyl (C=O) groups is 2. The van der Waals surface area contributed by atoms with Gasteiger partial charge in [-0.05, 0) is 25.8 Å². The van der Waals surface area contributed by atoms with Crippen molar-refractivity contribution in [3.63, 3.8) is 0 Å². The van der Waals surface area contributed by atoms with Crippen LogP contribution in [0.1, 0.15) is 41.7 Å². The Labute approximate surface area is 99.0 Å². The monoisotopic (exact) mass is 237 g/mol. The lowest BCUT2D eigenvalue weighted by Gasteiger charge is -2.24. The molecule has 17 heavy (non-hydrogen) atoms. The summed E-state index contributed by atoms with van der Waals surface area (Å²) in [6, 6.07) is 1.55. The van der Waals surface area contributed by atoms with Crippen molar-refractivity contribution < 1.29 is 19.4 Å². The van der Waals surface area contributed by atoms with E-state index in [4.69, 9.17) is 9.84 Å². The first-order valence-electron chi connectivity index (χ1n) is 5.74. The molecule has 0 saturated heterocycles. The van der Waals surface area contributed by atoms with Gasteiger partial charge < -0.3 is 14.4 Å². The number of aromatic carboxylic acids is 1. The number of hydrogen-bond acceptors (Lipinski definition) is 3. The van der Waals surface area contributed by atoms with Crippen molar-refractivity contribution in [1.29, 1.82) is 0 Å². The van der Waals surface area contributed by atoms with Crippen LogP contribution in [0, 0.1) is 0 Å². The molecule has 0 saturated carbocycles. The molecule has 5 nitrogen and oxygen atoms in total. The Morgan fingerprint density at radius 1 is 1.59 bits per heavy atom. The van der Waals surface area contributed by atoms with Gasteiger partial charge in [-0.3, -0.25) is 4.79 Å². The molecule has 1 atom stereocenters. The smallest absolute Gasteiger partial charge is 0.337 e. The Morgan fingerprint density at radius 2 is 2.35 bits per heavy atom. The zero-order chi connectivity index (χ0) is 12.4. The van der Waals surface area contributed by atoms with Gasteiger partial charge in [0.2, 0.25) is 0 Å². The van der Waals surface area contributed by atoms with Crippen LogP contribution in [-0.4, -0.2) is 28.2 Å². The molecule has 5 heteroatoms. The number of nitrogens with zero attached hydrogens (tertiary/aromatic N) is 1. The van der Waals surface area contributed by atoms with Gasteiger partial charge in [-0.2, -0.15) is 0 Å². The highest BCUT2D eigenvalue weighted by atomic mass is 16.5. The molecule has 0 aromatic carbocycles. The summed E-state index contributed by atoms with van der Waals surface area (Å²) in [6.45, 7) is 2.83. The molecular weight excluding hydrogens is 222 g/mol. The number of carboxylic acid groups (broad SMARTS) is 1. The molecule has 1 aromatic rings. The molecule has 0 aliphatic carbocycles. The molecule has 0 amide bonds. The van der Waals surface area contributed by atoms with E-state index in [-0.39, 0.29) is 11.5 Å².